The summed E-state index contributed by atoms with van der Waals surface area (Å²) >= 11 is 1.66. The van der Waals surface area contributed by atoms with Crippen LogP contribution in [0.25, 0.3) is 4.96 Å². The Morgan fingerprint density at radius 1 is 1.17 bits per heavy atom. The van der Waals surface area contributed by atoms with Gasteiger partial charge in [-0.2, -0.15) is 0 Å². The summed E-state index contributed by atoms with van der Waals surface area (Å²) in [6.07, 6.45) is 1.98. The zero-order valence-electron chi connectivity index (χ0n) is 13.2. The van der Waals surface area contributed by atoms with E-state index in [-0.39, 0.29) is 0 Å². The number of imidazole rings is 1. The first-order valence-electron chi connectivity index (χ1n) is 7.88. The van der Waals surface area contributed by atoms with Crippen LogP contribution in [0.2, 0.25) is 0 Å². The molecule has 5 heterocycles. The number of nitrogens with zero attached hydrogens (tertiary/aromatic N) is 8. The minimum absolute atomic E-state index is 0.582. The molecule has 8 nitrogen and oxygen atoms in total. The second-order valence-electron chi connectivity index (χ2n) is 6.34. The molecule has 2 aliphatic rings. The molecule has 0 aliphatic carbocycles. The van der Waals surface area contributed by atoms with E-state index in [4.69, 9.17) is 0 Å². The third-order valence-electron chi connectivity index (χ3n) is 4.77. The molecule has 0 amide bonds. The largest absolute Gasteiger partial charge is 0.343 e. The predicted molar refractivity (Wildman–Crippen MR) is 86.8 cm³/mol. The summed E-state index contributed by atoms with van der Waals surface area (Å²) in [5.74, 6) is 2.12. The standard InChI is InChI=1S/C14H18N8S/c1-9-5-22-13(15-9)23-14(18-22)20-6-11(7-20)19-3-4-21-10(2)16-17-12(21)8-19/h5,11H,3-4,6-8H2,1-2H3. The van der Waals surface area contributed by atoms with Crippen molar-refractivity contribution in [3.8, 4) is 0 Å². The van der Waals surface area contributed by atoms with Crippen LogP contribution in [0.3, 0.4) is 0 Å². The highest BCUT2D eigenvalue weighted by molar-refractivity contribution is 7.20. The Labute approximate surface area is 137 Å². The smallest absolute Gasteiger partial charge is 0.214 e. The number of aromatic nitrogens is 6. The maximum atomic E-state index is 4.63. The lowest BCUT2D eigenvalue weighted by atomic mass is 10.1. The number of rotatable bonds is 2. The summed E-state index contributed by atoms with van der Waals surface area (Å²) in [7, 11) is 0. The average molecular weight is 330 g/mol. The molecule has 0 N–H and O–H groups in total. The molecule has 23 heavy (non-hydrogen) atoms. The number of anilines is 1. The Bertz CT molecular complexity index is 839. The van der Waals surface area contributed by atoms with Crippen LogP contribution in [0.5, 0.6) is 0 Å². The normalized spacial score (nSPS) is 19.3. The number of fused-ring (bicyclic) bond motifs is 2. The Kier molecular flexibility index (Phi) is 2.77. The third-order valence-corrected chi connectivity index (χ3v) is 5.75. The highest BCUT2D eigenvalue weighted by Crippen LogP contribution is 2.29. The SMILES string of the molecule is Cc1cn2nc(N3CC(N4CCn5c(C)nnc5C4)C3)sc2n1. The van der Waals surface area contributed by atoms with Gasteiger partial charge >= 0.3 is 0 Å². The van der Waals surface area contributed by atoms with Gasteiger partial charge in [0.05, 0.1) is 18.4 Å². The van der Waals surface area contributed by atoms with Gasteiger partial charge in [0.2, 0.25) is 10.1 Å². The number of hydrogen-bond donors (Lipinski definition) is 0. The van der Waals surface area contributed by atoms with Crippen molar-refractivity contribution < 1.29 is 0 Å². The first kappa shape index (κ1) is 13.4. The van der Waals surface area contributed by atoms with Crippen LogP contribution in [-0.2, 0) is 13.1 Å². The molecular weight excluding hydrogens is 312 g/mol. The Morgan fingerprint density at radius 2 is 2.04 bits per heavy atom. The predicted octanol–water partition coefficient (Wildman–Crippen LogP) is 0.704. The molecule has 9 heteroatoms. The van der Waals surface area contributed by atoms with E-state index < -0.39 is 0 Å². The lowest BCUT2D eigenvalue weighted by molar-refractivity contribution is 0.128. The van der Waals surface area contributed by atoms with Crippen molar-refractivity contribution in [2.24, 2.45) is 0 Å². The molecule has 5 rings (SSSR count). The van der Waals surface area contributed by atoms with Crippen LogP contribution in [0.4, 0.5) is 5.13 Å². The van der Waals surface area contributed by atoms with Gasteiger partial charge in [-0.3, -0.25) is 4.90 Å². The van der Waals surface area contributed by atoms with Crippen LogP contribution in [0.15, 0.2) is 6.20 Å². The molecule has 0 spiro atoms. The van der Waals surface area contributed by atoms with Gasteiger partial charge in [0.25, 0.3) is 0 Å². The molecule has 2 aliphatic heterocycles. The highest BCUT2D eigenvalue weighted by atomic mass is 32.1. The van der Waals surface area contributed by atoms with E-state index >= 15 is 0 Å². The molecule has 0 saturated carbocycles. The molecule has 120 valence electrons. The highest BCUT2D eigenvalue weighted by Gasteiger charge is 2.36. The van der Waals surface area contributed by atoms with Crippen molar-refractivity contribution in [3.63, 3.8) is 0 Å². The van der Waals surface area contributed by atoms with E-state index in [9.17, 15) is 0 Å². The van der Waals surface area contributed by atoms with E-state index in [1.807, 2.05) is 24.6 Å². The first-order chi connectivity index (χ1) is 11.2. The van der Waals surface area contributed by atoms with Crippen LogP contribution in [-0.4, -0.2) is 59.9 Å². The van der Waals surface area contributed by atoms with Crippen molar-refractivity contribution in [1.82, 2.24) is 34.3 Å². The second kappa shape index (κ2) is 4.75. The Hall–Kier alpha value is -2.00. The molecule has 0 radical (unpaired) electrons. The summed E-state index contributed by atoms with van der Waals surface area (Å²) < 4.78 is 4.11. The number of hydrogen-bond acceptors (Lipinski definition) is 7. The molecule has 0 aromatic carbocycles. The van der Waals surface area contributed by atoms with E-state index in [0.717, 1.165) is 60.2 Å². The molecule has 3 aromatic heterocycles. The van der Waals surface area contributed by atoms with Crippen LogP contribution in [0.1, 0.15) is 17.3 Å². The average Bonchev–Trinajstić information content (AvgIpc) is 3.11. The minimum Gasteiger partial charge on any atom is -0.343 e. The van der Waals surface area contributed by atoms with Gasteiger partial charge in [-0.25, -0.2) is 9.50 Å². The van der Waals surface area contributed by atoms with Gasteiger partial charge in [-0.05, 0) is 13.8 Å². The molecule has 0 atom stereocenters. The van der Waals surface area contributed by atoms with E-state index in [1.165, 1.54) is 0 Å². The zero-order chi connectivity index (χ0) is 15.6. The van der Waals surface area contributed by atoms with E-state index in [2.05, 4.69) is 34.6 Å². The fraction of sp³-hybridized carbons (Fsp3) is 0.571. The van der Waals surface area contributed by atoms with Crippen LogP contribution < -0.4 is 4.90 Å². The lowest BCUT2D eigenvalue weighted by Gasteiger charge is -2.46. The molecular formula is C14H18N8S. The molecule has 3 aromatic rings. The molecule has 1 fully saturated rings. The Balaban J connectivity index is 1.27. The first-order valence-corrected chi connectivity index (χ1v) is 8.69. The fourth-order valence-electron chi connectivity index (χ4n) is 3.40. The number of aryl methyl sites for hydroxylation is 2. The zero-order valence-corrected chi connectivity index (χ0v) is 14.0. The summed E-state index contributed by atoms with van der Waals surface area (Å²) in [5.41, 5.74) is 1.02. The summed E-state index contributed by atoms with van der Waals surface area (Å²) in [6, 6.07) is 0.582. The second-order valence-corrected chi connectivity index (χ2v) is 7.27. The quantitative estimate of drug-likeness (QED) is 0.689. The summed E-state index contributed by atoms with van der Waals surface area (Å²) in [5, 5.41) is 14.2. The molecule has 0 bridgehead atoms. The van der Waals surface area contributed by atoms with Crippen LogP contribution >= 0.6 is 11.3 Å². The molecule has 0 unspecified atom stereocenters. The lowest BCUT2D eigenvalue weighted by Crippen LogP contribution is -2.60. The van der Waals surface area contributed by atoms with Gasteiger partial charge in [-0.15, -0.1) is 15.3 Å². The van der Waals surface area contributed by atoms with Crippen molar-refractivity contribution in [3.05, 3.63) is 23.5 Å². The summed E-state index contributed by atoms with van der Waals surface area (Å²) in [4.78, 5) is 10.3. The van der Waals surface area contributed by atoms with Gasteiger partial charge in [-0.1, -0.05) is 11.3 Å². The van der Waals surface area contributed by atoms with Gasteiger partial charge in [0.1, 0.15) is 11.6 Å². The third kappa shape index (κ3) is 2.07. The monoisotopic (exact) mass is 330 g/mol. The van der Waals surface area contributed by atoms with Crippen molar-refractivity contribution >= 4 is 21.4 Å². The fourth-order valence-corrected chi connectivity index (χ4v) is 4.35. The van der Waals surface area contributed by atoms with Crippen molar-refractivity contribution in [2.45, 2.75) is 33.0 Å². The van der Waals surface area contributed by atoms with Gasteiger partial charge < -0.3 is 9.47 Å². The topological polar surface area (TPSA) is 67.4 Å². The molecule has 1 saturated heterocycles. The minimum atomic E-state index is 0.582. The Morgan fingerprint density at radius 3 is 2.87 bits per heavy atom. The van der Waals surface area contributed by atoms with Crippen molar-refractivity contribution in [2.75, 3.05) is 24.5 Å². The van der Waals surface area contributed by atoms with E-state index in [1.54, 1.807) is 11.3 Å². The maximum Gasteiger partial charge on any atom is 0.214 e. The van der Waals surface area contributed by atoms with Gasteiger partial charge in [0, 0.05) is 32.2 Å². The van der Waals surface area contributed by atoms with E-state index in [0.29, 0.717) is 6.04 Å². The van der Waals surface area contributed by atoms with Gasteiger partial charge in [0.15, 0.2) is 0 Å². The summed E-state index contributed by atoms with van der Waals surface area (Å²) in [6.45, 7) is 9.06. The van der Waals surface area contributed by atoms with Crippen molar-refractivity contribution in [1.29, 1.82) is 0 Å². The maximum absolute atomic E-state index is 4.63. The van der Waals surface area contributed by atoms with Crippen LogP contribution in [0, 0.1) is 13.8 Å².